The van der Waals surface area contributed by atoms with Crippen LogP contribution < -0.4 is 16.4 Å². The molecule has 2 aromatic rings. The Hall–Kier alpha value is -2.49. The number of hydrogen-bond donors (Lipinski definition) is 3. The van der Waals surface area contributed by atoms with Crippen molar-refractivity contribution in [2.45, 2.75) is 13.0 Å². The summed E-state index contributed by atoms with van der Waals surface area (Å²) in [5.74, 6) is 0. The van der Waals surface area contributed by atoms with E-state index in [1.54, 1.807) is 24.3 Å². The summed E-state index contributed by atoms with van der Waals surface area (Å²) in [4.78, 5) is 11.8. The normalized spacial score (nSPS) is 11.6. The molecule has 0 aliphatic carbocycles. The fourth-order valence-corrected chi connectivity index (χ4v) is 1.76. The Kier molecular flexibility index (Phi) is 4.03. The molecule has 0 aromatic heterocycles. The Balaban J connectivity index is 1.93. The highest BCUT2D eigenvalue weighted by molar-refractivity contribution is 5.89. The van der Waals surface area contributed by atoms with Crippen LogP contribution in [0.15, 0.2) is 54.6 Å². The number of amides is 2. The third kappa shape index (κ3) is 3.74. The Labute approximate surface area is 112 Å². The van der Waals surface area contributed by atoms with Gasteiger partial charge < -0.3 is 16.4 Å². The van der Waals surface area contributed by atoms with Gasteiger partial charge in [0.15, 0.2) is 0 Å². The zero-order chi connectivity index (χ0) is 13.7. The number of urea groups is 1. The summed E-state index contributed by atoms with van der Waals surface area (Å²) in [5.41, 5.74) is 8.04. The maximum atomic E-state index is 11.8. The Morgan fingerprint density at radius 2 is 1.68 bits per heavy atom. The van der Waals surface area contributed by atoms with Crippen LogP contribution in [0.1, 0.15) is 18.5 Å². The Morgan fingerprint density at radius 1 is 1.05 bits per heavy atom. The highest BCUT2D eigenvalue weighted by Gasteiger charge is 2.08. The number of hydrogen-bond acceptors (Lipinski definition) is 2. The molecule has 0 bridgehead atoms. The average molecular weight is 255 g/mol. The highest BCUT2D eigenvalue weighted by atomic mass is 16.2. The van der Waals surface area contributed by atoms with E-state index in [1.807, 2.05) is 37.3 Å². The topological polar surface area (TPSA) is 67.2 Å². The van der Waals surface area contributed by atoms with Crippen LogP contribution in [0.3, 0.4) is 0 Å². The van der Waals surface area contributed by atoms with Gasteiger partial charge in [-0.05, 0) is 36.8 Å². The molecule has 19 heavy (non-hydrogen) atoms. The van der Waals surface area contributed by atoms with Crippen LogP contribution in [0.4, 0.5) is 16.2 Å². The fraction of sp³-hybridized carbons (Fsp3) is 0.133. The van der Waals surface area contributed by atoms with Crippen molar-refractivity contribution in [2.24, 2.45) is 0 Å². The van der Waals surface area contributed by atoms with E-state index >= 15 is 0 Å². The zero-order valence-electron chi connectivity index (χ0n) is 10.8. The Bertz CT molecular complexity index is 537. The average Bonchev–Trinajstić information content (AvgIpc) is 2.42. The van der Waals surface area contributed by atoms with Gasteiger partial charge >= 0.3 is 6.03 Å². The van der Waals surface area contributed by atoms with Crippen molar-refractivity contribution >= 4 is 17.4 Å². The van der Waals surface area contributed by atoms with Crippen LogP contribution >= 0.6 is 0 Å². The van der Waals surface area contributed by atoms with Crippen LogP contribution in [0.2, 0.25) is 0 Å². The number of rotatable bonds is 3. The van der Waals surface area contributed by atoms with Crippen molar-refractivity contribution in [1.82, 2.24) is 5.32 Å². The molecule has 0 saturated heterocycles. The minimum Gasteiger partial charge on any atom is -0.399 e. The summed E-state index contributed by atoms with van der Waals surface area (Å²) in [6, 6.07) is 16.6. The highest BCUT2D eigenvalue weighted by Crippen LogP contribution is 2.13. The minimum atomic E-state index is -0.235. The van der Waals surface area contributed by atoms with Crippen molar-refractivity contribution in [1.29, 1.82) is 0 Å². The van der Waals surface area contributed by atoms with Crippen LogP contribution in [0.25, 0.3) is 0 Å². The summed E-state index contributed by atoms with van der Waals surface area (Å²) < 4.78 is 0. The number of carbonyl (C=O) groups excluding carboxylic acids is 1. The van der Waals surface area contributed by atoms with Crippen LogP contribution in [-0.4, -0.2) is 6.03 Å². The molecule has 98 valence electrons. The smallest absolute Gasteiger partial charge is 0.319 e. The monoisotopic (exact) mass is 255 g/mol. The number of nitrogens with one attached hydrogen (secondary N) is 2. The molecule has 2 aromatic carbocycles. The molecule has 0 spiro atoms. The third-order valence-corrected chi connectivity index (χ3v) is 2.82. The van der Waals surface area contributed by atoms with Crippen LogP contribution in [0, 0.1) is 0 Å². The molecule has 0 aliphatic rings. The van der Waals surface area contributed by atoms with Gasteiger partial charge in [-0.3, -0.25) is 0 Å². The largest absolute Gasteiger partial charge is 0.399 e. The van der Waals surface area contributed by atoms with E-state index in [9.17, 15) is 4.79 Å². The van der Waals surface area contributed by atoms with Crippen molar-refractivity contribution in [3.8, 4) is 0 Å². The fourth-order valence-electron chi connectivity index (χ4n) is 1.76. The van der Waals surface area contributed by atoms with Gasteiger partial charge in [0.2, 0.25) is 0 Å². The van der Waals surface area contributed by atoms with Gasteiger partial charge in [-0.25, -0.2) is 4.79 Å². The van der Waals surface area contributed by atoms with Gasteiger partial charge in [0.05, 0.1) is 6.04 Å². The molecule has 4 heteroatoms. The minimum absolute atomic E-state index is 0.0463. The second-order valence-electron chi connectivity index (χ2n) is 4.35. The maximum absolute atomic E-state index is 11.8. The second kappa shape index (κ2) is 5.91. The van der Waals surface area contributed by atoms with Gasteiger partial charge in [0.25, 0.3) is 0 Å². The first kappa shape index (κ1) is 13.0. The lowest BCUT2D eigenvalue weighted by Crippen LogP contribution is -2.31. The lowest BCUT2D eigenvalue weighted by atomic mass is 10.1. The summed E-state index contributed by atoms with van der Waals surface area (Å²) in [5, 5.41) is 5.64. The third-order valence-electron chi connectivity index (χ3n) is 2.82. The first-order valence-electron chi connectivity index (χ1n) is 6.13. The van der Waals surface area contributed by atoms with E-state index in [4.69, 9.17) is 5.73 Å². The van der Waals surface area contributed by atoms with E-state index in [0.717, 1.165) is 5.56 Å². The molecule has 1 atom stereocenters. The first-order valence-corrected chi connectivity index (χ1v) is 6.13. The van der Waals surface area contributed by atoms with E-state index in [-0.39, 0.29) is 12.1 Å². The van der Waals surface area contributed by atoms with Gasteiger partial charge in [0.1, 0.15) is 0 Å². The number of carbonyl (C=O) groups is 1. The van der Waals surface area contributed by atoms with Crippen molar-refractivity contribution < 1.29 is 4.79 Å². The molecule has 4 nitrogen and oxygen atoms in total. The lowest BCUT2D eigenvalue weighted by Gasteiger charge is -2.15. The van der Waals surface area contributed by atoms with E-state index in [0.29, 0.717) is 11.4 Å². The molecule has 0 heterocycles. The molecular formula is C15H17N3O. The molecule has 2 rings (SSSR count). The molecular weight excluding hydrogens is 238 g/mol. The first-order chi connectivity index (χ1) is 9.15. The molecule has 0 saturated carbocycles. The molecule has 0 unspecified atom stereocenters. The number of anilines is 2. The predicted molar refractivity (Wildman–Crippen MR) is 77.9 cm³/mol. The summed E-state index contributed by atoms with van der Waals surface area (Å²) >= 11 is 0. The molecule has 2 amide bonds. The van der Waals surface area contributed by atoms with Crippen molar-refractivity contribution in [2.75, 3.05) is 11.1 Å². The van der Waals surface area contributed by atoms with Crippen molar-refractivity contribution in [3.05, 3.63) is 60.2 Å². The summed E-state index contributed by atoms with van der Waals surface area (Å²) in [6.45, 7) is 1.94. The standard InChI is InChI=1S/C15H17N3O/c1-11(12-5-3-2-4-6-12)17-15(19)18-14-9-7-13(16)8-10-14/h2-11H,16H2,1H3,(H2,17,18,19)/t11-/m1/s1. The SMILES string of the molecule is C[C@@H](NC(=O)Nc1ccc(N)cc1)c1ccccc1. The molecule has 0 aliphatic heterocycles. The Morgan fingerprint density at radius 3 is 2.32 bits per heavy atom. The predicted octanol–water partition coefficient (Wildman–Crippen LogP) is 3.15. The summed E-state index contributed by atoms with van der Waals surface area (Å²) in [7, 11) is 0. The summed E-state index contributed by atoms with van der Waals surface area (Å²) in [6.07, 6.45) is 0. The van der Waals surface area contributed by atoms with Crippen LogP contribution in [-0.2, 0) is 0 Å². The molecule has 0 fully saturated rings. The lowest BCUT2D eigenvalue weighted by molar-refractivity contribution is 0.249. The van der Waals surface area contributed by atoms with Gasteiger partial charge in [0, 0.05) is 11.4 Å². The number of benzene rings is 2. The van der Waals surface area contributed by atoms with Crippen LogP contribution in [0.5, 0.6) is 0 Å². The number of nitrogens with two attached hydrogens (primary N) is 1. The quantitative estimate of drug-likeness (QED) is 0.737. The van der Waals surface area contributed by atoms with Gasteiger partial charge in [-0.15, -0.1) is 0 Å². The van der Waals surface area contributed by atoms with E-state index < -0.39 is 0 Å². The van der Waals surface area contributed by atoms with Crippen molar-refractivity contribution in [3.63, 3.8) is 0 Å². The van der Waals surface area contributed by atoms with E-state index in [1.165, 1.54) is 0 Å². The molecule has 4 N–H and O–H groups in total. The molecule has 0 radical (unpaired) electrons. The number of nitrogen functional groups attached to an aromatic ring is 1. The maximum Gasteiger partial charge on any atom is 0.319 e. The van der Waals surface area contributed by atoms with Gasteiger partial charge in [-0.1, -0.05) is 30.3 Å². The van der Waals surface area contributed by atoms with E-state index in [2.05, 4.69) is 10.6 Å². The van der Waals surface area contributed by atoms with Gasteiger partial charge in [-0.2, -0.15) is 0 Å². The second-order valence-corrected chi connectivity index (χ2v) is 4.35. The zero-order valence-corrected chi connectivity index (χ0v) is 10.8.